The van der Waals surface area contributed by atoms with Gasteiger partial charge in [0.15, 0.2) is 0 Å². The van der Waals surface area contributed by atoms with Gasteiger partial charge in [-0.05, 0) is 38.1 Å². The molecule has 5 nitrogen and oxygen atoms in total. The summed E-state index contributed by atoms with van der Waals surface area (Å²) in [6, 6.07) is 6.62. The lowest BCUT2D eigenvalue weighted by atomic mass is 10.1. The van der Waals surface area contributed by atoms with Crippen molar-refractivity contribution in [2.45, 2.75) is 27.1 Å². The Hall–Kier alpha value is -1.72. The molecule has 1 aromatic carbocycles. The lowest BCUT2D eigenvalue weighted by molar-refractivity contribution is -0.114. The normalized spacial score (nSPS) is 10.5. The molecule has 0 fully saturated rings. The molecule has 0 bridgehead atoms. The molecule has 0 aliphatic rings. The molecule has 19 heavy (non-hydrogen) atoms. The van der Waals surface area contributed by atoms with Gasteiger partial charge in [-0.15, -0.1) is 0 Å². The Morgan fingerprint density at radius 2 is 1.63 bits per heavy atom. The molecule has 0 heterocycles. The molecule has 104 valence electrons. The molecule has 0 spiro atoms. The van der Waals surface area contributed by atoms with Crippen LogP contribution in [0.15, 0.2) is 24.3 Å². The summed E-state index contributed by atoms with van der Waals surface area (Å²) >= 11 is 0. The van der Waals surface area contributed by atoms with Crippen LogP contribution in [-0.2, 0) is 14.3 Å². The van der Waals surface area contributed by atoms with Crippen LogP contribution < -0.4 is 5.32 Å². The van der Waals surface area contributed by atoms with Crippen LogP contribution in [0.1, 0.15) is 31.1 Å². The summed E-state index contributed by atoms with van der Waals surface area (Å²) in [6.07, 6.45) is -0.874. The number of hydrogen-bond donors (Lipinski definition) is 1. The molecular formula is C14H19NO4. The number of ketones is 1. The van der Waals surface area contributed by atoms with Gasteiger partial charge in [0.2, 0.25) is 18.0 Å². The smallest absolute Gasteiger partial charge is 0.222 e. The predicted molar refractivity (Wildman–Crippen MR) is 72.1 cm³/mol. The van der Waals surface area contributed by atoms with Crippen LogP contribution in [0.2, 0.25) is 0 Å². The predicted octanol–water partition coefficient (Wildman–Crippen LogP) is 2.23. The first-order chi connectivity index (χ1) is 9.08. The monoisotopic (exact) mass is 265 g/mol. The van der Waals surface area contributed by atoms with Crippen molar-refractivity contribution in [2.24, 2.45) is 0 Å². The fourth-order valence-corrected chi connectivity index (χ4v) is 1.56. The summed E-state index contributed by atoms with van der Waals surface area (Å²) in [5.41, 5.74) is 1.13. The average molecular weight is 265 g/mol. The van der Waals surface area contributed by atoms with Crippen molar-refractivity contribution >= 4 is 17.4 Å². The molecule has 0 atom stereocenters. The third-order valence-electron chi connectivity index (χ3n) is 2.34. The largest absolute Gasteiger partial charge is 0.346 e. The molecule has 1 aromatic rings. The molecule has 0 unspecified atom stereocenters. The Labute approximate surface area is 112 Å². The van der Waals surface area contributed by atoms with E-state index < -0.39 is 6.29 Å². The molecule has 1 N–H and O–H groups in total. The van der Waals surface area contributed by atoms with E-state index in [0.29, 0.717) is 24.5 Å². The zero-order valence-corrected chi connectivity index (χ0v) is 11.4. The van der Waals surface area contributed by atoms with Crippen molar-refractivity contribution in [2.75, 3.05) is 18.5 Å². The number of carbonyl (C=O) groups excluding carboxylic acids is 2. The number of nitrogens with one attached hydrogen (secondary N) is 1. The maximum absolute atomic E-state index is 12.1. The number of carbonyl (C=O) groups is 2. The first-order valence-electron chi connectivity index (χ1n) is 6.23. The van der Waals surface area contributed by atoms with Gasteiger partial charge in [-0.25, -0.2) is 0 Å². The van der Waals surface area contributed by atoms with Crippen molar-refractivity contribution in [3.8, 4) is 0 Å². The molecule has 5 heteroatoms. The van der Waals surface area contributed by atoms with Gasteiger partial charge in [0.05, 0.1) is 0 Å². The second-order valence-corrected chi connectivity index (χ2v) is 3.87. The van der Waals surface area contributed by atoms with Gasteiger partial charge in [0.1, 0.15) is 0 Å². The van der Waals surface area contributed by atoms with Crippen LogP contribution in [-0.4, -0.2) is 31.2 Å². The highest BCUT2D eigenvalue weighted by atomic mass is 16.7. The van der Waals surface area contributed by atoms with Crippen LogP contribution >= 0.6 is 0 Å². The zero-order chi connectivity index (χ0) is 14.3. The van der Waals surface area contributed by atoms with E-state index in [-0.39, 0.29) is 11.7 Å². The van der Waals surface area contributed by atoms with Crippen LogP contribution in [0.25, 0.3) is 0 Å². The summed E-state index contributed by atoms with van der Waals surface area (Å²) in [5.74, 6) is -0.376. The van der Waals surface area contributed by atoms with Crippen molar-refractivity contribution in [1.29, 1.82) is 0 Å². The third-order valence-corrected chi connectivity index (χ3v) is 2.34. The fraction of sp³-hybridized carbons (Fsp3) is 0.429. The van der Waals surface area contributed by atoms with Gasteiger partial charge in [-0.1, -0.05) is 0 Å². The van der Waals surface area contributed by atoms with E-state index in [1.54, 1.807) is 38.1 Å². The highest BCUT2D eigenvalue weighted by molar-refractivity contribution is 5.99. The van der Waals surface area contributed by atoms with E-state index in [0.717, 1.165) is 0 Å². The molecule has 1 rings (SSSR count). The quantitative estimate of drug-likeness (QED) is 0.606. The standard InChI is InChI=1S/C14H19NO4/c1-4-18-14(19-5-2)13(17)11-6-8-12(9-7-11)15-10(3)16/h6-9,14H,4-5H2,1-3H3,(H,15,16). The number of amides is 1. The molecule has 0 aliphatic heterocycles. The van der Waals surface area contributed by atoms with E-state index in [2.05, 4.69) is 5.32 Å². The Morgan fingerprint density at radius 3 is 2.05 bits per heavy atom. The first kappa shape index (κ1) is 15.3. The molecule has 0 saturated heterocycles. The van der Waals surface area contributed by atoms with Gasteiger partial charge in [-0.2, -0.15) is 0 Å². The molecule has 0 aromatic heterocycles. The zero-order valence-electron chi connectivity index (χ0n) is 11.4. The second-order valence-electron chi connectivity index (χ2n) is 3.87. The van der Waals surface area contributed by atoms with Gasteiger partial charge < -0.3 is 14.8 Å². The number of hydrogen-bond acceptors (Lipinski definition) is 4. The summed E-state index contributed by atoms with van der Waals surface area (Å²) in [6.45, 7) is 5.85. The minimum Gasteiger partial charge on any atom is -0.346 e. The van der Waals surface area contributed by atoms with E-state index in [1.807, 2.05) is 0 Å². The molecule has 0 saturated carbocycles. The third kappa shape index (κ3) is 4.81. The molecule has 1 amide bonds. The van der Waals surface area contributed by atoms with Gasteiger partial charge in [-0.3, -0.25) is 9.59 Å². The van der Waals surface area contributed by atoms with Crippen LogP contribution in [0.4, 0.5) is 5.69 Å². The van der Waals surface area contributed by atoms with E-state index in [4.69, 9.17) is 9.47 Å². The first-order valence-corrected chi connectivity index (χ1v) is 6.23. The van der Waals surface area contributed by atoms with E-state index in [1.165, 1.54) is 6.92 Å². The Morgan fingerprint density at radius 1 is 1.11 bits per heavy atom. The number of anilines is 1. The highest BCUT2D eigenvalue weighted by Crippen LogP contribution is 2.13. The maximum Gasteiger partial charge on any atom is 0.222 e. The SMILES string of the molecule is CCOC(OCC)C(=O)c1ccc(NC(C)=O)cc1. The van der Waals surface area contributed by atoms with E-state index >= 15 is 0 Å². The van der Waals surface area contributed by atoms with Gasteiger partial charge >= 0.3 is 0 Å². The Kier molecular flexibility index (Phi) is 6.18. The number of rotatable bonds is 7. The van der Waals surface area contributed by atoms with Crippen LogP contribution in [0.3, 0.4) is 0 Å². The van der Waals surface area contributed by atoms with Crippen molar-refractivity contribution in [3.63, 3.8) is 0 Å². The van der Waals surface area contributed by atoms with Crippen LogP contribution in [0, 0.1) is 0 Å². The number of ether oxygens (including phenoxy) is 2. The summed E-state index contributed by atoms with van der Waals surface area (Å²) in [4.78, 5) is 23.0. The number of benzene rings is 1. The van der Waals surface area contributed by atoms with Gasteiger partial charge in [0, 0.05) is 31.4 Å². The minimum atomic E-state index is -0.874. The van der Waals surface area contributed by atoms with Crippen molar-refractivity contribution < 1.29 is 19.1 Å². The topological polar surface area (TPSA) is 64.6 Å². The Balaban J connectivity index is 2.77. The van der Waals surface area contributed by atoms with Gasteiger partial charge in [0.25, 0.3) is 0 Å². The maximum atomic E-state index is 12.1. The molecule has 0 aliphatic carbocycles. The molecular weight excluding hydrogens is 246 g/mol. The average Bonchev–Trinajstić information content (AvgIpc) is 2.38. The highest BCUT2D eigenvalue weighted by Gasteiger charge is 2.20. The molecule has 0 radical (unpaired) electrons. The summed E-state index contributed by atoms with van der Waals surface area (Å²) in [5, 5.41) is 2.64. The minimum absolute atomic E-state index is 0.152. The van der Waals surface area contributed by atoms with E-state index in [9.17, 15) is 9.59 Å². The lowest BCUT2D eigenvalue weighted by Crippen LogP contribution is -2.27. The van der Waals surface area contributed by atoms with Crippen LogP contribution in [0.5, 0.6) is 0 Å². The summed E-state index contributed by atoms with van der Waals surface area (Å²) in [7, 11) is 0. The Bertz CT molecular complexity index is 422. The van der Waals surface area contributed by atoms with Crippen molar-refractivity contribution in [3.05, 3.63) is 29.8 Å². The summed E-state index contributed by atoms with van der Waals surface area (Å²) < 4.78 is 10.5. The fourth-order valence-electron chi connectivity index (χ4n) is 1.56. The second kappa shape index (κ2) is 7.66. The lowest BCUT2D eigenvalue weighted by Gasteiger charge is -2.15. The number of Topliss-reactive ketones (excluding diaryl/α,β-unsaturated/α-hetero) is 1. The van der Waals surface area contributed by atoms with Crippen molar-refractivity contribution in [1.82, 2.24) is 0 Å².